The minimum Gasteiger partial charge on any atom is -0.473 e. The zero-order valence-electron chi connectivity index (χ0n) is 11.4. The molecule has 0 amide bonds. The minimum absolute atomic E-state index is 0.217. The molecule has 1 heterocycles. The molecule has 0 aromatic carbocycles. The van der Waals surface area contributed by atoms with E-state index >= 15 is 0 Å². The second kappa shape index (κ2) is 6.67. The Morgan fingerprint density at radius 1 is 1.32 bits per heavy atom. The van der Waals surface area contributed by atoms with E-state index in [-0.39, 0.29) is 6.10 Å². The number of nitrogens with one attached hydrogen (secondary N) is 1. The molecule has 0 aliphatic heterocycles. The van der Waals surface area contributed by atoms with Crippen LogP contribution in [0.15, 0.2) is 6.07 Å². The predicted octanol–water partition coefficient (Wildman–Crippen LogP) is 4.78. The van der Waals surface area contributed by atoms with Crippen molar-refractivity contribution < 1.29 is 4.74 Å². The fraction of sp³-hybridized carbons (Fsp3) is 0.643. The van der Waals surface area contributed by atoms with Gasteiger partial charge >= 0.3 is 0 Å². The summed E-state index contributed by atoms with van der Waals surface area (Å²) in [5, 5.41) is 3.93. The minimum atomic E-state index is 0.217. The molecule has 0 spiro atoms. The summed E-state index contributed by atoms with van der Waals surface area (Å²) in [6.45, 7) is 2.21. The van der Waals surface area contributed by atoms with Crippen molar-refractivity contribution in [3.05, 3.63) is 16.1 Å². The van der Waals surface area contributed by atoms with Crippen LogP contribution < -0.4 is 10.1 Å². The highest BCUT2D eigenvalue weighted by Gasteiger charge is 2.26. The van der Waals surface area contributed by atoms with Crippen molar-refractivity contribution >= 4 is 29.0 Å². The highest BCUT2D eigenvalue weighted by molar-refractivity contribution is 6.36. The molecule has 2 atom stereocenters. The number of rotatable bonds is 4. The molecule has 2 rings (SSSR count). The van der Waals surface area contributed by atoms with Crippen LogP contribution in [0.4, 0.5) is 5.82 Å². The third-order valence-corrected chi connectivity index (χ3v) is 4.32. The lowest BCUT2D eigenvalue weighted by molar-refractivity contribution is 0.0861. The lowest BCUT2D eigenvalue weighted by Crippen LogP contribution is -2.30. The Kier molecular flexibility index (Phi) is 5.17. The number of hydrogen-bond acceptors (Lipinski definition) is 3. The topological polar surface area (TPSA) is 34.1 Å². The molecule has 3 nitrogen and oxygen atoms in total. The van der Waals surface area contributed by atoms with Gasteiger partial charge in [0.1, 0.15) is 16.9 Å². The van der Waals surface area contributed by atoms with E-state index in [0.29, 0.717) is 27.7 Å². The SMILES string of the molecule is CCC1CCCCC1Oc1nc(NC)c(Cl)cc1Cl. The molecular formula is C14H20Cl2N2O. The summed E-state index contributed by atoms with van der Waals surface area (Å²) in [6.07, 6.45) is 6.16. The van der Waals surface area contributed by atoms with Crippen molar-refractivity contribution in [2.24, 2.45) is 5.92 Å². The Morgan fingerprint density at radius 2 is 2.05 bits per heavy atom. The number of aromatic nitrogens is 1. The van der Waals surface area contributed by atoms with Gasteiger partial charge in [0.15, 0.2) is 0 Å². The molecule has 0 saturated heterocycles. The summed E-state index contributed by atoms with van der Waals surface area (Å²) in [7, 11) is 1.78. The molecule has 0 radical (unpaired) electrons. The summed E-state index contributed by atoms with van der Waals surface area (Å²) < 4.78 is 6.05. The van der Waals surface area contributed by atoms with E-state index in [2.05, 4.69) is 17.2 Å². The summed E-state index contributed by atoms with van der Waals surface area (Å²) in [5.74, 6) is 1.69. The number of halogens is 2. The molecule has 2 unspecified atom stereocenters. The largest absolute Gasteiger partial charge is 0.473 e. The predicted molar refractivity (Wildman–Crippen MR) is 80.5 cm³/mol. The molecule has 1 aromatic rings. The first-order chi connectivity index (χ1) is 9.15. The highest BCUT2D eigenvalue weighted by Crippen LogP contribution is 2.35. The van der Waals surface area contributed by atoms with Crippen LogP contribution >= 0.6 is 23.2 Å². The highest BCUT2D eigenvalue weighted by atomic mass is 35.5. The van der Waals surface area contributed by atoms with Gasteiger partial charge in [0.2, 0.25) is 5.88 Å². The fourth-order valence-corrected chi connectivity index (χ4v) is 3.14. The van der Waals surface area contributed by atoms with Gasteiger partial charge in [-0.2, -0.15) is 4.98 Å². The van der Waals surface area contributed by atoms with Crippen molar-refractivity contribution in [1.29, 1.82) is 0 Å². The first kappa shape index (κ1) is 14.7. The van der Waals surface area contributed by atoms with Gasteiger partial charge in [-0.25, -0.2) is 0 Å². The first-order valence-corrected chi connectivity index (χ1v) is 7.61. The molecule has 1 aromatic heterocycles. The number of hydrogen-bond donors (Lipinski definition) is 1. The van der Waals surface area contributed by atoms with Crippen molar-refractivity contribution in [2.75, 3.05) is 12.4 Å². The van der Waals surface area contributed by atoms with Gasteiger partial charge in [-0.05, 0) is 37.7 Å². The molecule has 1 N–H and O–H groups in total. The van der Waals surface area contributed by atoms with Crippen molar-refractivity contribution in [3.63, 3.8) is 0 Å². The zero-order chi connectivity index (χ0) is 13.8. The molecule has 0 bridgehead atoms. The summed E-state index contributed by atoms with van der Waals surface area (Å²) in [6, 6.07) is 1.68. The van der Waals surface area contributed by atoms with E-state index in [4.69, 9.17) is 27.9 Å². The van der Waals surface area contributed by atoms with Crippen LogP contribution in [0.2, 0.25) is 10.0 Å². The van der Waals surface area contributed by atoms with Crippen LogP contribution in [0.5, 0.6) is 5.88 Å². The number of nitrogens with zero attached hydrogens (tertiary/aromatic N) is 1. The van der Waals surface area contributed by atoms with E-state index in [0.717, 1.165) is 12.8 Å². The summed E-state index contributed by atoms with van der Waals surface area (Å²) >= 11 is 12.2. The molecule has 1 saturated carbocycles. The molecule has 1 aliphatic carbocycles. The van der Waals surface area contributed by atoms with Gasteiger partial charge in [0.25, 0.3) is 0 Å². The van der Waals surface area contributed by atoms with Gasteiger partial charge in [0.05, 0.1) is 5.02 Å². The Bertz CT molecular complexity index is 440. The van der Waals surface area contributed by atoms with Crippen LogP contribution in [-0.2, 0) is 0 Å². The lowest BCUT2D eigenvalue weighted by Gasteiger charge is -2.31. The number of anilines is 1. The van der Waals surface area contributed by atoms with Crippen LogP contribution in [0.25, 0.3) is 0 Å². The van der Waals surface area contributed by atoms with Gasteiger partial charge < -0.3 is 10.1 Å². The van der Waals surface area contributed by atoms with E-state index < -0.39 is 0 Å². The standard InChI is InChI=1S/C14H20Cl2N2O/c1-3-9-6-4-5-7-12(9)19-14-11(16)8-10(15)13(17-2)18-14/h8-9,12H,3-7H2,1-2H3,(H,17,18). The lowest BCUT2D eigenvalue weighted by atomic mass is 9.85. The smallest absolute Gasteiger partial charge is 0.234 e. The Balaban J connectivity index is 2.17. The monoisotopic (exact) mass is 302 g/mol. The first-order valence-electron chi connectivity index (χ1n) is 6.86. The van der Waals surface area contributed by atoms with Crippen LogP contribution in [0, 0.1) is 5.92 Å². The maximum atomic E-state index is 6.17. The average Bonchev–Trinajstić information content (AvgIpc) is 2.42. The van der Waals surface area contributed by atoms with E-state index in [1.54, 1.807) is 13.1 Å². The number of ether oxygens (including phenoxy) is 1. The van der Waals surface area contributed by atoms with Crippen molar-refractivity contribution in [1.82, 2.24) is 4.98 Å². The number of pyridine rings is 1. The molecule has 106 valence electrons. The second-order valence-electron chi connectivity index (χ2n) is 4.96. The van der Waals surface area contributed by atoms with E-state index in [1.165, 1.54) is 19.3 Å². The maximum Gasteiger partial charge on any atom is 0.234 e. The second-order valence-corrected chi connectivity index (χ2v) is 5.78. The van der Waals surface area contributed by atoms with Gasteiger partial charge in [-0.15, -0.1) is 0 Å². The fourth-order valence-electron chi connectivity index (χ4n) is 2.65. The Hall–Kier alpha value is -0.670. The summed E-state index contributed by atoms with van der Waals surface area (Å²) in [5.41, 5.74) is 0. The van der Waals surface area contributed by atoms with Crippen LogP contribution in [0.3, 0.4) is 0 Å². The van der Waals surface area contributed by atoms with Crippen molar-refractivity contribution in [3.8, 4) is 5.88 Å². The normalized spacial score (nSPS) is 23.2. The van der Waals surface area contributed by atoms with E-state index in [9.17, 15) is 0 Å². The third kappa shape index (κ3) is 3.46. The molecule has 19 heavy (non-hydrogen) atoms. The van der Waals surface area contributed by atoms with Crippen LogP contribution in [0.1, 0.15) is 39.0 Å². The molecule has 5 heteroatoms. The van der Waals surface area contributed by atoms with Crippen LogP contribution in [-0.4, -0.2) is 18.1 Å². The Morgan fingerprint density at radius 3 is 2.74 bits per heavy atom. The molecule has 1 aliphatic rings. The van der Waals surface area contributed by atoms with Crippen molar-refractivity contribution in [2.45, 2.75) is 45.1 Å². The summed E-state index contributed by atoms with van der Waals surface area (Å²) in [4.78, 5) is 4.36. The van der Waals surface area contributed by atoms with Gasteiger partial charge in [-0.3, -0.25) is 0 Å². The van der Waals surface area contributed by atoms with Gasteiger partial charge in [-0.1, -0.05) is 36.5 Å². The maximum absolute atomic E-state index is 6.17. The third-order valence-electron chi connectivity index (χ3n) is 3.76. The zero-order valence-corrected chi connectivity index (χ0v) is 12.9. The molecular weight excluding hydrogens is 283 g/mol. The quantitative estimate of drug-likeness (QED) is 0.869. The molecule has 1 fully saturated rings. The average molecular weight is 303 g/mol. The Labute approximate surface area is 124 Å². The van der Waals surface area contributed by atoms with Gasteiger partial charge in [0, 0.05) is 7.05 Å². The van der Waals surface area contributed by atoms with E-state index in [1.807, 2.05) is 0 Å².